The molecular formula is C12H10BrClN2O3. The van der Waals surface area contributed by atoms with Gasteiger partial charge in [-0.2, -0.15) is 0 Å². The minimum Gasteiger partial charge on any atom is -0.340 e. The van der Waals surface area contributed by atoms with Crippen LogP contribution in [0.3, 0.4) is 0 Å². The molecule has 0 radical (unpaired) electrons. The maximum Gasteiger partial charge on any atom is 0.253 e. The number of carbonyl (C=O) groups excluding carboxylic acids is 3. The summed E-state index contributed by atoms with van der Waals surface area (Å²) < 4.78 is 0.546. The first-order valence-electron chi connectivity index (χ1n) is 5.57. The van der Waals surface area contributed by atoms with Gasteiger partial charge in [0.15, 0.2) is 0 Å². The van der Waals surface area contributed by atoms with Crippen LogP contribution in [0.2, 0.25) is 5.02 Å². The van der Waals surface area contributed by atoms with Gasteiger partial charge in [-0.05, 0) is 40.5 Å². The molecule has 0 bridgehead atoms. The van der Waals surface area contributed by atoms with E-state index in [4.69, 9.17) is 11.6 Å². The number of hydrogen-bond donors (Lipinski definition) is 2. The second-order valence-corrected chi connectivity index (χ2v) is 5.39. The number of rotatable bonds is 2. The van der Waals surface area contributed by atoms with E-state index in [0.717, 1.165) is 0 Å². The number of imide groups is 1. The Kier molecular flexibility index (Phi) is 4.21. The lowest BCUT2D eigenvalue weighted by molar-refractivity contribution is -0.134. The predicted molar refractivity (Wildman–Crippen MR) is 72.8 cm³/mol. The summed E-state index contributed by atoms with van der Waals surface area (Å²) in [6.07, 6.45) is 0.528. The van der Waals surface area contributed by atoms with Gasteiger partial charge >= 0.3 is 0 Å². The molecular weight excluding hydrogens is 336 g/mol. The quantitative estimate of drug-likeness (QED) is 0.800. The molecule has 1 heterocycles. The molecule has 1 atom stereocenters. The lowest BCUT2D eigenvalue weighted by Crippen LogP contribution is -2.52. The van der Waals surface area contributed by atoms with E-state index in [1.54, 1.807) is 18.2 Å². The van der Waals surface area contributed by atoms with E-state index in [9.17, 15) is 14.4 Å². The van der Waals surface area contributed by atoms with Crippen LogP contribution >= 0.6 is 27.5 Å². The molecule has 100 valence electrons. The number of benzene rings is 1. The third-order valence-corrected chi connectivity index (χ3v) is 3.61. The van der Waals surface area contributed by atoms with Crippen LogP contribution < -0.4 is 10.6 Å². The fraction of sp³-hybridized carbons (Fsp3) is 0.250. The Balaban J connectivity index is 2.09. The smallest absolute Gasteiger partial charge is 0.253 e. The Bertz CT molecular complexity index is 562. The molecule has 0 aliphatic carbocycles. The van der Waals surface area contributed by atoms with Gasteiger partial charge in [0.25, 0.3) is 5.91 Å². The zero-order valence-corrected chi connectivity index (χ0v) is 12.0. The molecule has 1 unspecified atom stereocenters. The monoisotopic (exact) mass is 344 g/mol. The highest BCUT2D eigenvalue weighted by atomic mass is 79.9. The second kappa shape index (κ2) is 5.71. The molecule has 0 spiro atoms. The molecule has 1 aliphatic heterocycles. The van der Waals surface area contributed by atoms with E-state index in [0.29, 0.717) is 21.5 Å². The molecule has 1 aromatic rings. The van der Waals surface area contributed by atoms with Crippen LogP contribution in [0.1, 0.15) is 23.2 Å². The molecule has 0 aromatic heterocycles. The lowest BCUT2D eigenvalue weighted by atomic mass is 10.1. The number of hydrogen-bond acceptors (Lipinski definition) is 3. The summed E-state index contributed by atoms with van der Waals surface area (Å²) in [5, 5.41) is 5.28. The molecule has 1 aliphatic rings. The second-order valence-electron chi connectivity index (χ2n) is 4.10. The molecule has 7 heteroatoms. The zero-order valence-electron chi connectivity index (χ0n) is 9.70. The van der Waals surface area contributed by atoms with Gasteiger partial charge in [0, 0.05) is 15.9 Å². The standard InChI is InChI=1S/C12H10BrClN2O3/c13-8-5-6(14)1-2-7(8)11(18)15-9-3-4-10(17)16-12(9)19/h1-2,5,9H,3-4H2,(H,15,18)(H,16,17,19). The summed E-state index contributed by atoms with van der Waals surface area (Å²) in [6, 6.07) is 4.06. The number of piperidine rings is 1. The van der Waals surface area contributed by atoms with E-state index < -0.39 is 17.9 Å². The van der Waals surface area contributed by atoms with Crippen LogP contribution in [0.25, 0.3) is 0 Å². The summed E-state index contributed by atoms with van der Waals surface area (Å²) in [4.78, 5) is 34.6. The number of carbonyl (C=O) groups is 3. The van der Waals surface area contributed by atoms with Gasteiger partial charge in [0.2, 0.25) is 11.8 Å². The van der Waals surface area contributed by atoms with Gasteiger partial charge in [0.1, 0.15) is 6.04 Å². The highest BCUT2D eigenvalue weighted by Crippen LogP contribution is 2.21. The van der Waals surface area contributed by atoms with E-state index in [1.165, 1.54) is 0 Å². The van der Waals surface area contributed by atoms with E-state index in [-0.39, 0.29) is 12.3 Å². The minimum absolute atomic E-state index is 0.221. The van der Waals surface area contributed by atoms with E-state index in [2.05, 4.69) is 26.6 Å². The van der Waals surface area contributed by atoms with Crippen LogP contribution in [-0.4, -0.2) is 23.8 Å². The fourth-order valence-corrected chi connectivity index (χ4v) is 2.60. The highest BCUT2D eigenvalue weighted by molar-refractivity contribution is 9.10. The number of nitrogens with one attached hydrogen (secondary N) is 2. The first kappa shape index (κ1) is 14.0. The lowest BCUT2D eigenvalue weighted by Gasteiger charge is -2.22. The average molecular weight is 346 g/mol. The van der Waals surface area contributed by atoms with Crippen molar-refractivity contribution < 1.29 is 14.4 Å². The van der Waals surface area contributed by atoms with Crippen molar-refractivity contribution in [3.05, 3.63) is 33.3 Å². The summed E-state index contributed by atoms with van der Waals surface area (Å²) in [6.45, 7) is 0. The van der Waals surface area contributed by atoms with Crippen molar-refractivity contribution >= 4 is 45.3 Å². The third-order valence-electron chi connectivity index (χ3n) is 2.72. The maximum atomic E-state index is 12.0. The predicted octanol–water partition coefficient (Wildman–Crippen LogP) is 1.64. The maximum absolute atomic E-state index is 12.0. The summed E-state index contributed by atoms with van der Waals surface area (Å²) in [7, 11) is 0. The molecule has 5 nitrogen and oxygen atoms in total. The van der Waals surface area contributed by atoms with Crippen molar-refractivity contribution in [2.45, 2.75) is 18.9 Å². The first-order chi connectivity index (χ1) is 8.97. The molecule has 3 amide bonds. The summed E-state index contributed by atoms with van der Waals surface area (Å²) in [5.41, 5.74) is 0.383. The summed E-state index contributed by atoms with van der Waals surface area (Å²) in [5.74, 6) is -1.18. The van der Waals surface area contributed by atoms with E-state index >= 15 is 0 Å². The van der Waals surface area contributed by atoms with Gasteiger partial charge < -0.3 is 5.32 Å². The van der Waals surface area contributed by atoms with Crippen LogP contribution in [0.5, 0.6) is 0 Å². The van der Waals surface area contributed by atoms with Crippen LogP contribution in [0.4, 0.5) is 0 Å². The molecule has 1 fully saturated rings. The largest absolute Gasteiger partial charge is 0.340 e. The van der Waals surface area contributed by atoms with Crippen molar-refractivity contribution in [3.63, 3.8) is 0 Å². The average Bonchev–Trinajstić information content (AvgIpc) is 2.32. The van der Waals surface area contributed by atoms with Crippen LogP contribution in [-0.2, 0) is 9.59 Å². The van der Waals surface area contributed by atoms with Crippen LogP contribution in [0, 0.1) is 0 Å². The van der Waals surface area contributed by atoms with Gasteiger partial charge in [-0.15, -0.1) is 0 Å². The number of amides is 3. The van der Waals surface area contributed by atoms with Gasteiger partial charge in [-0.25, -0.2) is 0 Å². The Morgan fingerprint density at radius 1 is 1.42 bits per heavy atom. The van der Waals surface area contributed by atoms with Crippen molar-refractivity contribution in [2.24, 2.45) is 0 Å². The summed E-state index contributed by atoms with van der Waals surface area (Å²) >= 11 is 9.03. The van der Waals surface area contributed by atoms with Crippen molar-refractivity contribution in [2.75, 3.05) is 0 Å². The molecule has 1 aromatic carbocycles. The SMILES string of the molecule is O=C1CCC(NC(=O)c2ccc(Cl)cc2Br)C(=O)N1. The highest BCUT2D eigenvalue weighted by Gasteiger charge is 2.28. The van der Waals surface area contributed by atoms with E-state index in [1.807, 2.05) is 0 Å². The third kappa shape index (κ3) is 3.33. The zero-order chi connectivity index (χ0) is 14.0. The Hall–Kier alpha value is -1.40. The topological polar surface area (TPSA) is 75.3 Å². The Morgan fingerprint density at radius 3 is 2.79 bits per heavy atom. The molecule has 2 rings (SSSR count). The van der Waals surface area contributed by atoms with Crippen molar-refractivity contribution in [1.82, 2.24) is 10.6 Å². The fourth-order valence-electron chi connectivity index (χ4n) is 1.74. The minimum atomic E-state index is -0.687. The van der Waals surface area contributed by atoms with Gasteiger partial charge in [-0.1, -0.05) is 11.6 Å². The molecule has 0 saturated carbocycles. The number of halogens is 2. The Labute approximate surface area is 122 Å². The van der Waals surface area contributed by atoms with Crippen molar-refractivity contribution in [1.29, 1.82) is 0 Å². The van der Waals surface area contributed by atoms with Crippen LogP contribution in [0.15, 0.2) is 22.7 Å². The van der Waals surface area contributed by atoms with Gasteiger partial charge in [-0.3, -0.25) is 19.7 Å². The molecule has 1 saturated heterocycles. The molecule has 2 N–H and O–H groups in total. The normalized spacial score (nSPS) is 18.9. The molecule has 19 heavy (non-hydrogen) atoms. The first-order valence-corrected chi connectivity index (χ1v) is 6.74. The Morgan fingerprint density at radius 2 is 2.16 bits per heavy atom. The van der Waals surface area contributed by atoms with Gasteiger partial charge in [0.05, 0.1) is 5.56 Å². The van der Waals surface area contributed by atoms with Crippen molar-refractivity contribution in [3.8, 4) is 0 Å².